The smallest absolute Gasteiger partial charge is 0.223 e. The summed E-state index contributed by atoms with van der Waals surface area (Å²) >= 11 is 0. The first-order valence-corrected chi connectivity index (χ1v) is 9.08. The highest BCUT2D eigenvalue weighted by Crippen LogP contribution is 2.33. The third-order valence-corrected chi connectivity index (χ3v) is 4.26. The second-order valence-corrected chi connectivity index (χ2v) is 6.49. The van der Waals surface area contributed by atoms with Gasteiger partial charge < -0.3 is 19.8 Å². The first kappa shape index (κ1) is 19.0. The summed E-state index contributed by atoms with van der Waals surface area (Å²) in [6, 6.07) is 7.89. The molecule has 0 radical (unpaired) electrons. The second kappa shape index (κ2) is 8.34. The van der Waals surface area contributed by atoms with Gasteiger partial charge >= 0.3 is 0 Å². The molecule has 0 bridgehead atoms. The van der Waals surface area contributed by atoms with Crippen LogP contribution in [-0.4, -0.2) is 39.7 Å². The number of halogens is 1. The quantitative estimate of drug-likeness (QED) is 0.619. The van der Waals surface area contributed by atoms with Crippen LogP contribution in [0.3, 0.4) is 0 Å². The molecule has 1 aliphatic heterocycles. The van der Waals surface area contributed by atoms with Gasteiger partial charge in [-0.3, -0.25) is 0 Å². The van der Waals surface area contributed by atoms with Crippen LogP contribution in [0.25, 0.3) is 22.6 Å². The predicted molar refractivity (Wildman–Crippen MR) is 107 cm³/mol. The minimum Gasteiger partial charge on any atom is -0.351 e. The summed E-state index contributed by atoms with van der Waals surface area (Å²) in [5.74, 6) is 0.651. The van der Waals surface area contributed by atoms with E-state index >= 15 is 0 Å². The molecule has 4 rings (SSSR count). The van der Waals surface area contributed by atoms with Crippen molar-refractivity contribution in [1.82, 2.24) is 19.9 Å². The Bertz CT molecular complexity index is 1020. The molecule has 1 aromatic carbocycles. The van der Waals surface area contributed by atoms with E-state index in [4.69, 9.17) is 9.47 Å². The molecule has 2 aromatic heterocycles. The van der Waals surface area contributed by atoms with Crippen LogP contribution in [-0.2, 0) is 9.47 Å². The first-order valence-electron chi connectivity index (χ1n) is 9.08. The Labute approximate surface area is 167 Å². The molecule has 3 heterocycles. The van der Waals surface area contributed by atoms with Crippen molar-refractivity contribution in [3.05, 3.63) is 73.0 Å². The standard InChI is InChI=1S/C21H20FN5O2/c1-3-9-23-21-24-10-8-16(25-21)18-17(14-4-6-15(22)7-5-14)26-19(27-18)20-28-11-13(2)12-29-20/h3-8,10,20H,1-2,9,11-12H2,(H,26,27)(H,23,24,25). The van der Waals surface area contributed by atoms with Crippen molar-refractivity contribution in [3.8, 4) is 22.6 Å². The van der Waals surface area contributed by atoms with E-state index in [9.17, 15) is 4.39 Å². The van der Waals surface area contributed by atoms with Crippen LogP contribution in [0.2, 0.25) is 0 Å². The van der Waals surface area contributed by atoms with Gasteiger partial charge in [-0.25, -0.2) is 19.3 Å². The molecule has 148 valence electrons. The lowest BCUT2D eigenvalue weighted by atomic mass is 10.1. The number of ether oxygens (including phenoxy) is 2. The largest absolute Gasteiger partial charge is 0.351 e. The molecular weight excluding hydrogens is 373 g/mol. The van der Waals surface area contributed by atoms with Crippen molar-refractivity contribution < 1.29 is 13.9 Å². The highest BCUT2D eigenvalue weighted by atomic mass is 19.1. The number of benzene rings is 1. The summed E-state index contributed by atoms with van der Waals surface area (Å²) in [5.41, 5.74) is 3.51. The number of aromatic amines is 1. The Morgan fingerprint density at radius 1 is 1.17 bits per heavy atom. The normalized spacial score (nSPS) is 14.7. The van der Waals surface area contributed by atoms with Gasteiger partial charge in [-0.15, -0.1) is 6.58 Å². The summed E-state index contributed by atoms with van der Waals surface area (Å²) in [6.45, 7) is 8.87. The highest BCUT2D eigenvalue weighted by molar-refractivity contribution is 5.77. The van der Waals surface area contributed by atoms with Gasteiger partial charge in [0, 0.05) is 18.3 Å². The fourth-order valence-corrected chi connectivity index (χ4v) is 2.89. The number of rotatable bonds is 6. The maximum absolute atomic E-state index is 13.4. The van der Waals surface area contributed by atoms with Crippen LogP contribution >= 0.6 is 0 Å². The second-order valence-electron chi connectivity index (χ2n) is 6.49. The third-order valence-electron chi connectivity index (χ3n) is 4.26. The zero-order chi connectivity index (χ0) is 20.2. The van der Waals surface area contributed by atoms with Crippen molar-refractivity contribution in [3.63, 3.8) is 0 Å². The van der Waals surface area contributed by atoms with Crippen LogP contribution in [0.5, 0.6) is 0 Å². The minimum atomic E-state index is -0.645. The van der Waals surface area contributed by atoms with Crippen LogP contribution in [0.15, 0.2) is 61.3 Å². The van der Waals surface area contributed by atoms with Crippen molar-refractivity contribution >= 4 is 5.95 Å². The SMILES string of the molecule is C=CCNc1nccc(-c2[nH]c(C3OCC(=C)CO3)nc2-c2ccc(F)cc2)n1. The van der Waals surface area contributed by atoms with E-state index in [-0.39, 0.29) is 5.82 Å². The number of hydrogen-bond acceptors (Lipinski definition) is 6. The van der Waals surface area contributed by atoms with Gasteiger partial charge in [0.05, 0.1) is 30.3 Å². The molecule has 0 unspecified atom stereocenters. The van der Waals surface area contributed by atoms with Crippen LogP contribution in [0.1, 0.15) is 12.1 Å². The molecule has 29 heavy (non-hydrogen) atoms. The maximum Gasteiger partial charge on any atom is 0.223 e. The summed E-state index contributed by atoms with van der Waals surface area (Å²) < 4.78 is 24.8. The molecular formula is C21H20FN5O2. The molecule has 8 heteroatoms. The fraction of sp³-hybridized carbons (Fsp3) is 0.190. The van der Waals surface area contributed by atoms with Crippen LogP contribution in [0, 0.1) is 5.82 Å². The van der Waals surface area contributed by atoms with E-state index in [0.717, 1.165) is 11.1 Å². The van der Waals surface area contributed by atoms with Gasteiger partial charge in [0.15, 0.2) is 5.82 Å². The molecule has 0 amide bonds. The zero-order valence-electron chi connectivity index (χ0n) is 15.7. The van der Waals surface area contributed by atoms with Crippen LogP contribution in [0.4, 0.5) is 10.3 Å². The average Bonchev–Trinajstić information content (AvgIpc) is 3.19. The monoisotopic (exact) mass is 393 g/mol. The van der Waals surface area contributed by atoms with E-state index in [1.54, 1.807) is 30.5 Å². The predicted octanol–water partition coefficient (Wildman–Crippen LogP) is 3.87. The molecule has 0 spiro atoms. The number of H-pyrrole nitrogens is 1. The molecule has 0 aliphatic carbocycles. The number of anilines is 1. The first-order chi connectivity index (χ1) is 14.1. The Hall–Kier alpha value is -3.36. The van der Waals surface area contributed by atoms with Gasteiger partial charge in [-0.2, -0.15) is 0 Å². The topological polar surface area (TPSA) is 85.0 Å². The van der Waals surface area contributed by atoms with Gasteiger partial charge in [-0.05, 0) is 35.9 Å². The van der Waals surface area contributed by atoms with Crippen molar-refractivity contribution in [1.29, 1.82) is 0 Å². The van der Waals surface area contributed by atoms with Gasteiger partial charge in [0.1, 0.15) is 5.82 Å². The molecule has 1 fully saturated rings. The Balaban J connectivity index is 1.75. The molecule has 2 N–H and O–H groups in total. The molecule has 7 nitrogen and oxygen atoms in total. The molecule has 1 aliphatic rings. The van der Waals surface area contributed by atoms with Gasteiger partial charge in [0.2, 0.25) is 12.2 Å². The number of nitrogens with one attached hydrogen (secondary N) is 2. The van der Waals surface area contributed by atoms with Crippen molar-refractivity contribution in [2.75, 3.05) is 25.1 Å². The Morgan fingerprint density at radius 2 is 1.93 bits per heavy atom. The summed E-state index contributed by atoms with van der Waals surface area (Å²) in [4.78, 5) is 16.7. The fourth-order valence-electron chi connectivity index (χ4n) is 2.89. The molecule has 1 saturated heterocycles. The lowest BCUT2D eigenvalue weighted by molar-refractivity contribution is -0.165. The molecule has 0 atom stereocenters. The lowest BCUT2D eigenvalue weighted by Crippen LogP contribution is -2.20. The molecule has 3 aromatic rings. The highest BCUT2D eigenvalue weighted by Gasteiger charge is 2.25. The number of nitrogens with zero attached hydrogens (tertiary/aromatic N) is 3. The zero-order valence-corrected chi connectivity index (χ0v) is 15.7. The maximum atomic E-state index is 13.4. The van der Waals surface area contributed by atoms with E-state index in [2.05, 4.69) is 38.4 Å². The summed E-state index contributed by atoms with van der Waals surface area (Å²) in [5, 5.41) is 3.06. The number of imidazole rings is 1. The van der Waals surface area contributed by atoms with Gasteiger partial charge in [0.25, 0.3) is 0 Å². The van der Waals surface area contributed by atoms with Gasteiger partial charge in [-0.1, -0.05) is 12.7 Å². The van der Waals surface area contributed by atoms with E-state index in [1.165, 1.54) is 12.1 Å². The summed E-state index contributed by atoms with van der Waals surface area (Å²) in [6.07, 6.45) is 2.73. The van der Waals surface area contributed by atoms with Crippen molar-refractivity contribution in [2.24, 2.45) is 0 Å². The average molecular weight is 393 g/mol. The van der Waals surface area contributed by atoms with Crippen LogP contribution < -0.4 is 5.32 Å². The molecule has 0 saturated carbocycles. The lowest BCUT2D eigenvalue weighted by Gasteiger charge is -2.22. The third kappa shape index (κ3) is 4.23. The Morgan fingerprint density at radius 3 is 2.66 bits per heavy atom. The summed E-state index contributed by atoms with van der Waals surface area (Å²) in [7, 11) is 0. The van der Waals surface area contributed by atoms with E-state index in [0.29, 0.717) is 48.6 Å². The van der Waals surface area contributed by atoms with E-state index < -0.39 is 6.29 Å². The van der Waals surface area contributed by atoms with Crippen molar-refractivity contribution in [2.45, 2.75) is 6.29 Å². The minimum absolute atomic E-state index is 0.318. The Kier molecular flexibility index (Phi) is 5.46. The number of aromatic nitrogens is 4. The number of hydrogen-bond donors (Lipinski definition) is 2. The van der Waals surface area contributed by atoms with E-state index in [1.807, 2.05) is 0 Å².